The first kappa shape index (κ1) is 23.8. The van der Waals surface area contributed by atoms with Gasteiger partial charge in [0, 0.05) is 17.7 Å². The Balaban J connectivity index is 1.72. The molecule has 2 aromatic carbocycles. The molecule has 174 valence electrons. The molecule has 2 aromatic heterocycles. The van der Waals surface area contributed by atoms with Crippen molar-refractivity contribution in [2.24, 2.45) is 0 Å². The molecule has 0 saturated carbocycles. The standard InChI is InChI=1S/C27H27BrN4O2/c1-16(2)25-29-12-11-22(31-25)21-10-9-18(4)23(14-21)32-19(5)30-26(24(28)27(32)33)34-15-20-8-6-7-17(3)13-20/h6-14,16H,15H2,1-5H3. The van der Waals surface area contributed by atoms with Crippen LogP contribution in [-0.4, -0.2) is 19.5 Å². The van der Waals surface area contributed by atoms with E-state index in [0.717, 1.165) is 39.5 Å². The summed E-state index contributed by atoms with van der Waals surface area (Å²) < 4.78 is 7.80. The minimum atomic E-state index is -0.224. The predicted octanol–water partition coefficient (Wildman–Crippen LogP) is 6.08. The molecular formula is C27H27BrN4O2. The van der Waals surface area contributed by atoms with Crippen molar-refractivity contribution in [3.63, 3.8) is 0 Å². The Bertz CT molecular complexity index is 1410. The second-order valence-corrected chi connectivity index (χ2v) is 9.45. The van der Waals surface area contributed by atoms with Crippen molar-refractivity contribution in [1.82, 2.24) is 19.5 Å². The van der Waals surface area contributed by atoms with Gasteiger partial charge in [-0.1, -0.05) is 55.8 Å². The number of hydrogen-bond donors (Lipinski definition) is 0. The second-order valence-electron chi connectivity index (χ2n) is 8.65. The van der Waals surface area contributed by atoms with Gasteiger partial charge in [-0.2, -0.15) is 4.98 Å². The van der Waals surface area contributed by atoms with E-state index in [1.807, 2.05) is 56.3 Å². The van der Waals surface area contributed by atoms with E-state index in [1.54, 1.807) is 17.7 Å². The molecular weight excluding hydrogens is 492 g/mol. The molecule has 0 radical (unpaired) electrons. The maximum absolute atomic E-state index is 13.4. The van der Waals surface area contributed by atoms with E-state index in [4.69, 9.17) is 9.72 Å². The number of ether oxygens (including phenoxy) is 1. The summed E-state index contributed by atoms with van der Waals surface area (Å²) in [5, 5.41) is 0. The Hall–Kier alpha value is -3.32. The molecule has 0 saturated heterocycles. The van der Waals surface area contributed by atoms with Crippen LogP contribution in [0.3, 0.4) is 0 Å². The third kappa shape index (κ3) is 4.94. The topological polar surface area (TPSA) is 69.9 Å². The molecule has 0 spiro atoms. The van der Waals surface area contributed by atoms with Gasteiger partial charge >= 0.3 is 0 Å². The van der Waals surface area contributed by atoms with Gasteiger partial charge in [0.2, 0.25) is 5.88 Å². The Kier molecular flexibility index (Phi) is 6.93. The van der Waals surface area contributed by atoms with Crippen molar-refractivity contribution in [2.75, 3.05) is 0 Å². The fraction of sp³-hybridized carbons (Fsp3) is 0.259. The van der Waals surface area contributed by atoms with Gasteiger partial charge < -0.3 is 4.74 Å². The molecule has 0 aliphatic carbocycles. The highest BCUT2D eigenvalue weighted by atomic mass is 79.9. The van der Waals surface area contributed by atoms with Crippen molar-refractivity contribution >= 4 is 15.9 Å². The smallest absolute Gasteiger partial charge is 0.276 e. The van der Waals surface area contributed by atoms with E-state index in [-0.39, 0.29) is 17.4 Å². The Morgan fingerprint density at radius 2 is 1.82 bits per heavy atom. The summed E-state index contributed by atoms with van der Waals surface area (Å²) in [7, 11) is 0. The first-order chi connectivity index (χ1) is 16.2. The predicted molar refractivity (Wildman–Crippen MR) is 138 cm³/mol. The summed E-state index contributed by atoms with van der Waals surface area (Å²) in [4.78, 5) is 27.0. The number of benzene rings is 2. The molecule has 0 fully saturated rings. The van der Waals surface area contributed by atoms with E-state index in [9.17, 15) is 4.79 Å². The van der Waals surface area contributed by atoms with Gasteiger partial charge in [-0.25, -0.2) is 9.97 Å². The van der Waals surface area contributed by atoms with Crippen LogP contribution in [0.2, 0.25) is 0 Å². The van der Waals surface area contributed by atoms with Crippen LogP contribution in [-0.2, 0) is 6.61 Å². The summed E-state index contributed by atoms with van der Waals surface area (Å²) in [6, 6.07) is 15.9. The molecule has 0 aliphatic heterocycles. The molecule has 4 aromatic rings. The lowest BCUT2D eigenvalue weighted by Gasteiger charge is -2.16. The number of nitrogens with zero attached hydrogens (tertiary/aromatic N) is 4. The highest BCUT2D eigenvalue weighted by Crippen LogP contribution is 2.26. The lowest BCUT2D eigenvalue weighted by Crippen LogP contribution is -2.24. The largest absolute Gasteiger partial charge is 0.472 e. The highest BCUT2D eigenvalue weighted by molar-refractivity contribution is 9.10. The molecule has 0 amide bonds. The zero-order chi connectivity index (χ0) is 24.4. The second kappa shape index (κ2) is 9.89. The summed E-state index contributed by atoms with van der Waals surface area (Å²) in [5.74, 6) is 1.83. The highest BCUT2D eigenvalue weighted by Gasteiger charge is 2.17. The van der Waals surface area contributed by atoms with Gasteiger partial charge in [0.25, 0.3) is 5.56 Å². The molecule has 4 rings (SSSR count). The van der Waals surface area contributed by atoms with Crippen LogP contribution in [0, 0.1) is 20.8 Å². The number of aryl methyl sites for hydroxylation is 3. The van der Waals surface area contributed by atoms with Crippen molar-refractivity contribution in [2.45, 2.75) is 47.1 Å². The fourth-order valence-corrected chi connectivity index (χ4v) is 4.12. The normalized spacial score (nSPS) is 11.1. The maximum atomic E-state index is 13.4. The molecule has 7 heteroatoms. The molecule has 0 N–H and O–H groups in total. The van der Waals surface area contributed by atoms with E-state index in [2.05, 4.69) is 45.8 Å². The zero-order valence-corrected chi connectivity index (χ0v) is 21.5. The van der Waals surface area contributed by atoms with Gasteiger partial charge in [0.15, 0.2) is 0 Å². The van der Waals surface area contributed by atoms with Crippen LogP contribution in [0.25, 0.3) is 16.9 Å². The van der Waals surface area contributed by atoms with Crippen LogP contribution in [0.5, 0.6) is 5.88 Å². The molecule has 34 heavy (non-hydrogen) atoms. The van der Waals surface area contributed by atoms with Gasteiger partial charge in [0.05, 0.1) is 11.4 Å². The average molecular weight is 519 g/mol. The third-order valence-corrected chi connectivity index (χ3v) is 6.24. The summed E-state index contributed by atoms with van der Waals surface area (Å²) in [5.41, 5.74) is 5.38. The maximum Gasteiger partial charge on any atom is 0.276 e. The van der Waals surface area contributed by atoms with Crippen molar-refractivity contribution in [3.8, 4) is 22.8 Å². The van der Waals surface area contributed by atoms with E-state index < -0.39 is 0 Å². The van der Waals surface area contributed by atoms with Gasteiger partial charge in [-0.3, -0.25) is 9.36 Å². The third-order valence-electron chi connectivity index (χ3n) is 5.56. The monoisotopic (exact) mass is 518 g/mol. The van der Waals surface area contributed by atoms with Crippen molar-refractivity contribution in [1.29, 1.82) is 0 Å². The Morgan fingerprint density at radius 1 is 1.03 bits per heavy atom. The van der Waals surface area contributed by atoms with Crippen LogP contribution in [0.15, 0.2) is 64.0 Å². The van der Waals surface area contributed by atoms with Crippen LogP contribution < -0.4 is 10.3 Å². The number of rotatable bonds is 6. The van der Waals surface area contributed by atoms with Gasteiger partial charge in [-0.05, 0) is 60.0 Å². The molecule has 0 bridgehead atoms. The molecule has 0 aliphatic rings. The van der Waals surface area contributed by atoms with Crippen LogP contribution >= 0.6 is 15.9 Å². The average Bonchev–Trinajstić information content (AvgIpc) is 2.82. The lowest BCUT2D eigenvalue weighted by molar-refractivity contribution is 0.289. The van der Waals surface area contributed by atoms with Gasteiger partial charge in [-0.15, -0.1) is 0 Å². The fourth-order valence-electron chi connectivity index (χ4n) is 3.74. The van der Waals surface area contributed by atoms with E-state index in [1.165, 1.54) is 0 Å². The minimum Gasteiger partial charge on any atom is -0.472 e. The quantitative estimate of drug-likeness (QED) is 0.309. The summed E-state index contributed by atoms with van der Waals surface area (Å²) in [6.07, 6.45) is 1.77. The molecule has 0 atom stereocenters. The van der Waals surface area contributed by atoms with Crippen molar-refractivity contribution < 1.29 is 4.74 Å². The first-order valence-corrected chi connectivity index (χ1v) is 12.0. The summed E-state index contributed by atoms with van der Waals surface area (Å²) in [6.45, 7) is 10.3. The lowest BCUT2D eigenvalue weighted by atomic mass is 10.1. The van der Waals surface area contributed by atoms with Crippen LogP contribution in [0.1, 0.15) is 48.1 Å². The molecule has 2 heterocycles. The Morgan fingerprint density at radius 3 is 2.56 bits per heavy atom. The van der Waals surface area contributed by atoms with E-state index in [0.29, 0.717) is 16.9 Å². The summed E-state index contributed by atoms with van der Waals surface area (Å²) >= 11 is 3.42. The Labute approximate surface area is 207 Å². The SMILES string of the molecule is Cc1cccc(COc2nc(C)n(-c3cc(-c4ccnc(C(C)C)n4)ccc3C)c(=O)c2Br)c1. The van der Waals surface area contributed by atoms with Crippen molar-refractivity contribution in [3.05, 3.63) is 97.9 Å². The number of aromatic nitrogens is 4. The number of halogens is 1. The first-order valence-electron chi connectivity index (χ1n) is 11.2. The minimum absolute atomic E-state index is 0.224. The molecule has 0 unspecified atom stereocenters. The number of hydrogen-bond acceptors (Lipinski definition) is 5. The zero-order valence-electron chi connectivity index (χ0n) is 20.0. The van der Waals surface area contributed by atoms with Gasteiger partial charge in [0.1, 0.15) is 22.7 Å². The van der Waals surface area contributed by atoms with Crippen LogP contribution in [0.4, 0.5) is 0 Å². The van der Waals surface area contributed by atoms with E-state index >= 15 is 0 Å². The molecule has 6 nitrogen and oxygen atoms in total.